The van der Waals surface area contributed by atoms with Crippen molar-refractivity contribution in [2.24, 2.45) is 0 Å². The lowest BCUT2D eigenvalue weighted by Crippen LogP contribution is -2.51. The highest BCUT2D eigenvalue weighted by atomic mass is 35.5. The fraction of sp³-hybridized carbons (Fsp3) is 0.286. The topological polar surface area (TPSA) is 86.8 Å². The van der Waals surface area contributed by atoms with Crippen LogP contribution in [0.3, 0.4) is 0 Å². The van der Waals surface area contributed by atoms with Crippen LogP contribution < -0.4 is 9.62 Å². The minimum atomic E-state index is -4.08. The predicted octanol–water partition coefficient (Wildman–Crippen LogP) is 5.52. The summed E-state index contributed by atoms with van der Waals surface area (Å²) in [5.74, 6) is -0.874. The van der Waals surface area contributed by atoms with Crippen LogP contribution in [0, 0.1) is 0 Å². The maximum Gasteiger partial charge on any atom is 0.264 e. The van der Waals surface area contributed by atoms with Crippen LogP contribution >= 0.6 is 23.2 Å². The SMILES string of the molecule is CCCCNC(=O)[C@H](C)N(Cc1ccc(Cl)c(Cl)c1)C(=O)CN(c1ccccc1)S(=O)(=O)c1ccccc1. The van der Waals surface area contributed by atoms with Gasteiger partial charge in [0.2, 0.25) is 11.8 Å². The molecule has 1 N–H and O–H groups in total. The zero-order chi connectivity index (χ0) is 27.7. The van der Waals surface area contributed by atoms with E-state index in [4.69, 9.17) is 23.2 Å². The van der Waals surface area contributed by atoms with E-state index >= 15 is 0 Å². The zero-order valence-electron chi connectivity index (χ0n) is 21.3. The minimum absolute atomic E-state index is 0.0338. The van der Waals surface area contributed by atoms with Crippen LogP contribution in [0.2, 0.25) is 10.0 Å². The third-order valence-corrected chi connectivity index (χ3v) is 8.52. The molecular weight excluding hydrogens is 545 g/mol. The number of anilines is 1. The molecule has 202 valence electrons. The summed E-state index contributed by atoms with van der Waals surface area (Å²) < 4.78 is 28.4. The third kappa shape index (κ3) is 7.49. The summed E-state index contributed by atoms with van der Waals surface area (Å²) in [6, 6.07) is 20.4. The van der Waals surface area contributed by atoms with E-state index in [1.807, 2.05) is 6.92 Å². The molecule has 0 saturated carbocycles. The van der Waals surface area contributed by atoms with Gasteiger partial charge in [-0.25, -0.2) is 8.42 Å². The van der Waals surface area contributed by atoms with Crippen molar-refractivity contribution in [2.45, 2.75) is 44.2 Å². The van der Waals surface area contributed by atoms with E-state index in [-0.39, 0.29) is 17.3 Å². The number of unbranched alkanes of at least 4 members (excludes halogenated alkanes) is 1. The van der Waals surface area contributed by atoms with Crippen molar-refractivity contribution in [1.82, 2.24) is 10.2 Å². The van der Waals surface area contributed by atoms with Gasteiger partial charge in [-0.3, -0.25) is 13.9 Å². The van der Waals surface area contributed by atoms with E-state index < -0.39 is 28.5 Å². The molecule has 38 heavy (non-hydrogen) atoms. The Bertz CT molecular complexity index is 1340. The number of carbonyl (C=O) groups is 2. The smallest absolute Gasteiger partial charge is 0.264 e. The first kappa shape index (κ1) is 29.5. The Morgan fingerprint density at radius 1 is 0.921 bits per heavy atom. The van der Waals surface area contributed by atoms with Gasteiger partial charge < -0.3 is 10.2 Å². The summed E-state index contributed by atoms with van der Waals surface area (Å²) in [6.07, 6.45) is 1.71. The molecule has 0 aromatic heterocycles. The second-order valence-electron chi connectivity index (χ2n) is 8.75. The van der Waals surface area contributed by atoms with E-state index in [0.29, 0.717) is 27.8 Å². The van der Waals surface area contributed by atoms with Gasteiger partial charge in [-0.05, 0) is 55.3 Å². The molecule has 1 atom stereocenters. The number of benzene rings is 3. The summed E-state index contributed by atoms with van der Waals surface area (Å²) in [5, 5.41) is 3.53. The molecule has 0 aliphatic heterocycles. The first-order valence-corrected chi connectivity index (χ1v) is 14.5. The van der Waals surface area contributed by atoms with Gasteiger partial charge >= 0.3 is 0 Å². The second-order valence-corrected chi connectivity index (χ2v) is 11.4. The molecule has 3 aromatic rings. The first-order chi connectivity index (χ1) is 18.1. The van der Waals surface area contributed by atoms with Crippen molar-refractivity contribution in [3.8, 4) is 0 Å². The fourth-order valence-corrected chi connectivity index (χ4v) is 5.55. The molecule has 0 radical (unpaired) electrons. The van der Waals surface area contributed by atoms with Crippen molar-refractivity contribution in [3.05, 3.63) is 94.5 Å². The van der Waals surface area contributed by atoms with E-state index in [1.54, 1.807) is 73.7 Å². The van der Waals surface area contributed by atoms with Crippen molar-refractivity contribution < 1.29 is 18.0 Å². The molecule has 3 rings (SSSR count). The molecule has 0 fully saturated rings. The summed E-state index contributed by atoms with van der Waals surface area (Å²) in [5.41, 5.74) is 0.984. The van der Waals surface area contributed by atoms with Crippen molar-refractivity contribution in [1.29, 1.82) is 0 Å². The van der Waals surface area contributed by atoms with E-state index in [0.717, 1.165) is 17.1 Å². The van der Waals surface area contributed by atoms with Gasteiger partial charge in [0, 0.05) is 13.1 Å². The second kappa shape index (κ2) is 13.6. The molecule has 3 aromatic carbocycles. The number of nitrogens with one attached hydrogen (secondary N) is 1. The number of rotatable bonds is 12. The van der Waals surface area contributed by atoms with E-state index in [2.05, 4.69) is 5.32 Å². The van der Waals surface area contributed by atoms with Crippen molar-refractivity contribution in [3.63, 3.8) is 0 Å². The normalized spacial score (nSPS) is 12.0. The number of hydrogen-bond acceptors (Lipinski definition) is 4. The Balaban J connectivity index is 1.97. The van der Waals surface area contributed by atoms with Crippen LogP contribution in [0.25, 0.3) is 0 Å². The van der Waals surface area contributed by atoms with Gasteiger partial charge in [0.1, 0.15) is 12.6 Å². The van der Waals surface area contributed by atoms with Crippen LogP contribution in [-0.2, 0) is 26.2 Å². The molecule has 0 bridgehead atoms. The zero-order valence-corrected chi connectivity index (χ0v) is 23.6. The molecule has 0 heterocycles. The molecule has 10 heteroatoms. The predicted molar refractivity (Wildman–Crippen MR) is 152 cm³/mol. The number of nitrogens with zero attached hydrogens (tertiary/aromatic N) is 2. The van der Waals surface area contributed by atoms with Crippen molar-refractivity contribution >= 4 is 50.7 Å². The monoisotopic (exact) mass is 575 g/mol. The number of hydrogen-bond donors (Lipinski definition) is 1. The average molecular weight is 577 g/mol. The molecule has 0 spiro atoms. The summed E-state index contributed by atoms with van der Waals surface area (Å²) in [4.78, 5) is 28.2. The van der Waals surface area contributed by atoms with E-state index in [9.17, 15) is 18.0 Å². The Morgan fingerprint density at radius 2 is 1.55 bits per heavy atom. The Morgan fingerprint density at radius 3 is 2.16 bits per heavy atom. The Kier molecular flexibility index (Phi) is 10.6. The van der Waals surface area contributed by atoms with Crippen LogP contribution in [-0.4, -0.2) is 44.3 Å². The quantitative estimate of drug-likeness (QED) is 0.288. The van der Waals surface area contributed by atoms with Gasteiger partial charge in [-0.15, -0.1) is 0 Å². The molecule has 0 unspecified atom stereocenters. The van der Waals surface area contributed by atoms with Crippen LogP contribution in [0.4, 0.5) is 5.69 Å². The molecule has 0 aliphatic carbocycles. The lowest BCUT2D eigenvalue weighted by Gasteiger charge is -2.32. The van der Waals surface area contributed by atoms with Crippen LogP contribution in [0.1, 0.15) is 32.3 Å². The summed E-state index contributed by atoms with van der Waals surface area (Å²) in [6.45, 7) is 3.64. The number of para-hydroxylation sites is 1. The Hall–Kier alpha value is -3.07. The average Bonchev–Trinajstić information content (AvgIpc) is 2.92. The van der Waals surface area contributed by atoms with Gasteiger partial charge in [0.25, 0.3) is 10.0 Å². The van der Waals surface area contributed by atoms with Gasteiger partial charge in [-0.1, -0.05) is 79.0 Å². The van der Waals surface area contributed by atoms with Gasteiger partial charge in [-0.2, -0.15) is 0 Å². The summed E-state index contributed by atoms with van der Waals surface area (Å²) >= 11 is 12.3. The molecule has 0 saturated heterocycles. The molecular formula is C28H31Cl2N3O4S. The highest BCUT2D eigenvalue weighted by molar-refractivity contribution is 7.92. The highest BCUT2D eigenvalue weighted by Crippen LogP contribution is 2.26. The van der Waals surface area contributed by atoms with Crippen LogP contribution in [0.15, 0.2) is 83.8 Å². The molecule has 7 nitrogen and oxygen atoms in total. The third-order valence-electron chi connectivity index (χ3n) is 5.99. The molecule has 0 aliphatic rings. The Labute approximate surface area is 234 Å². The van der Waals surface area contributed by atoms with E-state index in [1.165, 1.54) is 17.0 Å². The number of halogens is 2. The minimum Gasteiger partial charge on any atom is -0.354 e. The first-order valence-electron chi connectivity index (χ1n) is 12.3. The standard InChI is InChI=1S/C28H31Cl2N3O4S/c1-3-4-17-31-28(35)21(2)32(19-22-15-16-25(29)26(30)18-22)27(34)20-33(23-11-7-5-8-12-23)38(36,37)24-13-9-6-10-14-24/h5-16,18,21H,3-4,17,19-20H2,1-2H3,(H,31,35)/t21-/m0/s1. The maximum atomic E-state index is 13.8. The lowest BCUT2D eigenvalue weighted by molar-refractivity contribution is -0.139. The maximum absolute atomic E-state index is 13.8. The van der Waals surface area contributed by atoms with Crippen molar-refractivity contribution in [2.75, 3.05) is 17.4 Å². The van der Waals surface area contributed by atoms with Gasteiger partial charge in [0.15, 0.2) is 0 Å². The summed E-state index contributed by atoms with van der Waals surface area (Å²) in [7, 11) is -4.08. The fourth-order valence-electron chi connectivity index (χ4n) is 3.80. The van der Waals surface area contributed by atoms with Gasteiger partial charge in [0.05, 0.1) is 20.6 Å². The number of amides is 2. The number of sulfonamides is 1. The number of carbonyl (C=O) groups excluding carboxylic acids is 2. The largest absolute Gasteiger partial charge is 0.354 e. The molecule has 2 amide bonds. The lowest BCUT2D eigenvalue weighted by atomic mass is 10.1. The van der Waals surface area contributed by atoms with Crippen LogP contribution in [0.5, 0.6) is 0 Å². The highest BCUT2D eigenvalue weighted by Gasteiger charge is 2.32.